The maximum atomic E-state index is 12.7. The van der Waals surface area contributed by atoms with E-state index in [1.165, 1.54) is 0 Å². The Bertz CT molecular complexity index is 696. The predicted molar refractivity (Wildman–Crippen MR) is 98.3 cm³/mol. The lowest BCUT2D eigenvalue weighted by atomic mass is 10.2. The predicted octanol–water partition coefficient (Wildman–Crippen LogP) is 3.14. The molecule has 1 fully saturated rings. The lowest BCUT2D eigenvalue weighted by Crippen LogP contribution is -2.36. The van der Waals surface area contributed by atoms with Crippen LogP contribution in [0.4, 0.5) is 0 Å². The van der Waals surface area contributed by atoms with Gasteiger partial charge in [0, 0.05) is 25.2 Å². The van der Waals surface area contributed by atoms with Gasteiger partial charge in [0.25, 0.3) is 0 Å². The van der Waals surface area contributed by atoms with Gasteiger partial charge in [-0.25, -0.2) is 4.98 Å². The van der Waals surface area contributed by atoms with Crippen molar-refractivity contribution in [2.24, 2.45) is 0 Å². The summed E-state index contributed by atoms with van der Waals surface area (Å²) in [6.07, 6.45) is 2.52. The maximum Gasteiger partial charge on any atom is 0.228 e. The molecular weight excluding hydrogens is 314 g/mol. The molecule has 2 aromatic rings. The van der Waals surface area contributed by atoms with Crippen molar-refractivity contribution in [3.8, 4) is 11.5 Å². The zero-order chi connectivity index (χ0) is 17.6. The Kier molecular flexibility index (Phi) is 5.87. The Morgan fingerprint density at radius 1 is 1.16 bits per heavy atom. The Balaban J connectivity index is 1.64. The molecule has 134 valence electrons. The highest BCUT2D eigenvalue weighted by atomic mass is 16.4. The van der Waals surface area contributed by atoms with E-state index in [-0.39, 0.29) is 5.91 Å². The Labute approximate surface area is 149 Å². The lowest BCUT2D eigenvalue weighted by Gasteiger charge is -2.21. The van der Waals surface area contributed by atoms with Gasteiger partial charge in [0.1, 0.15) is 5.76 Å². The molecule has 0 radical (unpaired) electrons. The molecule has 1 aliphatic heterocycles. The van der Waals surface area contributed by atoms with E-state index in [4.69, 9.17) is 4.42 Å². The van der Waals surface area contributed by atoms with Crippen molar-refractivity contribution >= 4 is 5.91 Å². The first-order valence-corrected chi connectivity index (χ1v) is 9.19. The Hall–Kier alpha value is -2.14. The first-order chi connectivity index (χ1) is 12.2. The molecule has 0 aliphatic carbocycles. The molecule has 1 amide bonds. The summed E-state index contributed by atoms with van der Waals surface area (Å²) >= 11 is 0. The molecule has 1 aromatic heterocycles. The van der Waals surface area contributed by atoms with Crippen molar-refractivity contribution in [1.82, 2.24) is 14.8 Å². The largest absolute Gasteiger partial charge is 0.441 e. The van der Waals surface area contributed by atoms with Crippen LogP contribution in [0.25, 0.3) is 11.5 Å². The molecule has 0 spiro atoms. The van der Waals surface area contributed by atoms with Crippen LogP contribution in [-0.2, 0) is 11.2 Å². The number of carbonyl (C=O) groups excluding carboxylic acids is 1. The van der Waals surface area contributed by atoms with Gasteiger partial charge in [0.05, 0.1) is 12.1 Å². The molecule has 1 aromatic carbocycles. The van der Waals surface area contributed by atoms with Gasteiger partial charge in [-0.2, -0.15) is 0 Å². The van der Waals surface area contributed by atoms with Crippen LogP contribution in [0.15, 0.2) is 34.7 Å². The number of rotatable bonds is 5. The molecule has 2 heterocycles. The van der Waals surface area contributed by atoms with Gasteiger partial charge in [-0.15, -0.1) is 0 Å². The van der Waals surface area contributed by atoms with Gasteiger partial charge in [-0.1, -0.05) is 25.1 Å². The second kappa shape index (κ2) is 8.30. The quantitative estimate of drug-likeness (QED) is 0.838. The van der Waals surface area contributed by atoms with Crippen LogP contribution < -0.4 is 0 Å². The zero-order valence-electron chi connectivity index (χ0n) is 15.2. The molecule has 3 rings (SSSR count). The summed E-state index contributed by atoms with van der Waals surface area (Å²) in [7, 11) is 0. The summed E-state index contributed by atoms with van der Waals surface area (Å²) < 4.78 is 5.77. The van der Waals surface area contributed by atoms with Crippen molar-refractivity contribution in [3.63, 3.8) is 0 Å². The number of aromatic nitrogens is 1. The second-order valence-electron chi connectivity index (χ2n) is 6.64. The molecule has 0 saturated carbocycles. The van der Waals surface area contributed by atoms with Crippen molar-refractivity contribution in [1.29, 1.82) is 0 Å². The van der Waals surface area contributed by atoms with E-state index in [1.807, 2.05) is 42.2 Å². The summed E-state index contributed by atoms with van der Waals surface area (Å²) in [5, 5.41) is 0. The van der Waals surface area contributed by atoms with Crippen LogP contribution in [0.5, 0.6) is 0 Å². The minimum Gasteiger partial charge on any atom is -0.441 e. The minimum absolute atomic E-state index is 0.148. The molecule has 0 unspecified atom stereocenters. The first-order valence-electron chi connectivity index (χ1n) is 9.19. The number of hydrogen-bond donors (Lipinski definition) is 0. The zero-order valence-corrected chi connectivity index (χ0v) is 15.2. The number of carbonyl (C=O) groups is 1. The molecule has 0 bridgehead atoms. The number of aryl methyl sites for hydroxylation is 1. The van der Waals surface area contributed by atoms with Crippen LogP contribution in [0.1, 0.15) is 31.2 Å². The van der Waals surface area contributed by atoms with Gasteiger partial charge in [0.15, 0.2) is 0 Å². The number of benzene rings is 1. The summed E-state index contributed by atoms with van der Waals surface area (Å²) in [4.78, 5) is 21.7. The lowest BCUT2D eigenvalue weighted by molar-refractivity contribution is -0.130. The van der Waals surface area contributed by atoms with E-state index < -0.39 is 0 Å². The average molecular weight is 341 g/mol. The van der Waals surface area contributed by atoms with Gasteiger partial charge in [0.2, 0.25) is 11.8 Å². The fraction of sp³-hybridized carbons (Fsp3) is 0.500. The SMILES string of the molecule is CCCN1CCCN(C(=O)Cc2nc(-c3ccccc3)oc2C)CC1. The van der Waals surface area contributed by atoms with Crippen molar-refractivity contribution in [3.05, 3.63) is 41.8 Å². The first kappa shape index (κ1) is 17.7. The molecule has 1 aliphatic rings. The van der Waals surface area contributed by atoms with Gasteiger partial charge in [-0.3, -0.25) is 4.79 Å². The van der Waals surface area contributed by atoms with Gasteiger partial charge in [-0.05, 0) is 45.0 Å². The fourth-order valence-electron chi connectivity index (χ4n) is 3.31. The van der Waals surface area contributed by atoms with E-state index >= 15 is 0 Å². The van der Waals surface area contributed by atoms with E-state index in [0.29, 0.717) is 12.3 Å². The molecule has 5 nitrogen and oxygen atoms in total. The number of hydrogen-bond acceptors (Lipinski definition) is 4. The van der Waals surface area contributed by atoms with Gasteiger partial charge < -0.3 is 14.2 Å². The smallest absolute Gasteiger partial charge is 0.228 e. The highest BCUT2D eigenvalue weighted by Crippen LogP contribution is 2.22. The van der Waals surface area contributed by atoms with Crippen LogP contribution >= 0.6 is 0 Å². The summed E-state index contributed by atoms with van der Waals surface area (Å²) in [6.45, 7) is 8.89. The van der Waals surface area contributed by atoms with Gasteiger partial charge >= 0.3 is 0 Å². The van der Waals surface area contributed by atoms with E-state index in [0.717, 1.165) is 62.6 Å². The van der Waals surface area contributed by atoms with Crippen LogP contribution in [0.2, 0.25) is 0 Å². The maximum absolute atomic E-state index is 12.7. The van der Waals surface area contributed by atoms with Crippen LogP contribution in [0, 0.1) is 6.92 Å². The molecule has 1 saturated heterocycles. The van der Waals surface area contributed by atoms with E-state index in [9.17, 15) is 4.79 Å². The molecule has 0 N–H and O–H groups in total. The third-order valence-electron chi connectivity index (χ3n) is 4.71. The third kappa shape index (κ3) is 4.48. The molecule has 5 heteroatoms. The fourth-order valence-corrected chi connectivity index (χ4v) is 3.31. The van der Waals surface area contributed by atoms with Crippen molar-refractivity contribution in [2.45, 2.75) is 33.1 Å². The Morgan fingerprint density at radius 2 is 1.96 bits per heavy atom. The second-order valence-corrected chi connectivity index (χ2v) is 6.64. The van der Waals surface area contributed by atoms with Crippen LogP contribution in [0.3, 0.4) is 0 Å². The highest BCUT2D eigenvalue weighted by Gasteiger charge is 2.21. The number of oxazole rings is 1. The average Bonchev–Trinajstić information content (AvgIpc) is 2.83. The molecule has 0 atom stereocenters. The Morgan fingerprint density at radius 3 is 2.72 bits per heavy atom. The molecule has 25 heavy (non-hydrogen) atoms. The van der Waals surface area contributed by atoms with Crippen LogP contribution in [-0.4, -0.2) is 53.4 Å². The summed E-state index contributed by atoms with van der Waals surface area (Å²) in [5.41, 5.74) is 1.69. The van der Waals surface area contributed by atoms with Crippen molar-refractivity contribution in [2.75, 3.05) is 32.7 Å². The summed E-state index contributed by atoms with van der Waals surface area (Å²) in [6, 6.07) is 9.81. The topological polar surface area (TPSA) is 49.6 Å². The number of nitrogens with zero attached hydrogens (tertiary/aromatic N) is 3. The normalized spacial score (nSPS) is 16.0. The van der Waals surface area contributed by atoms with Crippen molar-refractivity contribution < 1.29 is 9.21 Å². The monoisotopic (exact) mass is 341 g/mol. The minimum atomic E-state index is 0.148. The van der Waals surface area contributed by atoms with E-state index in [2.05, 4.69) is 16.8 Å². The number of amides is 1. The standard InChI is InChI=1S/C20H27N3O2/c1-3-10-22-11-7-12-23(14-13-22)19(24)15-18-16(2)25-20(21-18)17-8-5-4-6-9-17/h4-6,8-9H,3,7,10-15H2,1-2H3. The summed E-state index contributed by atoms with van der Waals surface area (Å²) in [5.74, 6) is 1.47. The third-order valence-corrected chi connectivity index (χ3v) is 4.71. The highest BCUT2D eigenvalue weighted by molar-refractivity contribution is 5.78. The van der Waals surface area contributed by atoms with E-state index in [1.54, 1.807) is 0 Å². The molecular formula is C20H27N3O2.